The maximum atomic E-state index is 12.7. The molecule has 0 aromatic rings. The maximum absolute atomic E-state index is 12.7. The Kier molecular flexibility index (Phi) is 29.5. The molecule has 0 aromatic carbocycles. The predicted octanol–water partition coefficient (Wildman–Crippen LogP) is 7.38. The Morgan fingerprint density at radius 1 is 0.620 bits per heavy atom. The second-order valence-electron chi connectivity index (χ2n) is 13.7. The van der Waals surface area contributed by atoms with E-state index in [1.54, 1.807) is 0 Å². The molecule has 0 spiro atoms. The van der Waals surface area contributed by atoms with Crippen molar-refractivity contribution in [3.05, 3.63) is 24.3 Å². The summed E-state index contributed by atoms with van der Waals surface area (Å²) in [4.78, 5) is 25.2. The van der Waals surface area contributed by atoms with Crippen LogP contribution in [-0.2, 0) is 28.5 Å². The van der Waals surface area contributed by atoms with E-state index in [0.29, 0.717) is 6.42 Å². The third-order valence-electron chi connectivity index (χ3n) is 9.09. The summed E-state index contributed by atoms with van der Waals surface area (Å²) in [5.74, 6) is -0.822. The van der Waals surface area contributed by atoms with Gasteiger partial charge in [-0.15, -0.1) is 0 Å². The summed E-state index contributed by atoms with van der Waals surface area (Å²) < 4.78 is 22.0. The smallest absolute Gasteiger partial charge is 0.306 e. The van der Waals surface area contributed by atoms with Crippen LogP contribution >= 0.6 is 0 Å². The fraction of sp³-hybridized carbons (Fsp3) is 0.850. The molecule has 0 amide bonds. The molecule has 4 N–H and O–H groups in total. The summed E-state index contributed by atoms with van der Waals surface area (Å²) in [7, 11) is 0. The predicted molar refractivity (Wildman–Crippen MR) is 196 cm³/mol. The highest BCUT2D eigenvalue weighted by Gasteiger charge is 2.44. The Hall–Kier alpha value is -1.82. The first-order valence-electron chi connectivity index (χ1n) is 19.9. The van der Waals surface area contributed by atoms with Crippen LogP contribution < -0.4 is 0 Å². The van der Waals surface area contributed by atoms with Crippen molar-refractivity contribution in [2.45, 2.75) is 198 Å². The molecule has 0 radical (unpaired) electrons. The van der Waals surface area contributed by atoms with Crippen LogP contribution in [0.15, 0.2) is 24.3 Å². The van der Waals surface area contributed by atoms with Gasteiger partial charge in [0.1, 0.15) is 31.0 Å². The quantitative estimate of drug-likeness (QED) is 0.0316. The number of esters is 2. The first-order valence-corrected chi connectivity index (χ1v) is 19.9. The standard InChI is InChI=1S/C40H72O10/c1-3-5-7-9-11-13-15-16-17-19-21-23-25-27-29-36(43)49-33(32-48-40-39(46)38(45)37(44)34(30-41)50-40)31-47-35(42)28-26-24-22-20-18-14-12-10-8-6-4-2/h9,11,15-16,33-34,37-41,44-46H,3-8,10,12-14,17-32H2,1-2H3/b11-9+,16-15+/t33-,34-,37+,38?,39?,40-/m1/s1. The summed E-state index contributed by atoms with van der Waals surface area (Å²) in [5.41, 5.74) is 0. The van der Waals surface area contributed by atoms with E-state index in [2.05, 4.69) is 38.2 Å². The molecule has 1 rings (SSSR count). The number of carbonyl (C=O) groups is 2. The molecular weight excluding hydrogens is 640 g/mol. The van der Waals surface area contributed by atoms with Gasteiger partial charge in [-0.05, 0) is 38.5 Å². The summed E-state index contributed by atoms with van der Waals surface area (Å²) in [5, 5.41) is 39.9. The van der Waals surface area contributed by atoms with Crippen LogP contribution in [0.2, 0.25) is 0 Å². The SMILES string of the molecule is CCCC/C=C/C/C=C/CCCCCCCC(=O)O[C@H](COC(=O)CCCCCCCCCCCCC)CO[C@@H]1O[C@H](CO)[C@H](O)C(O)C1O. The number of aliphatic hydroxyl groups is 4. The first kappa shape index (κ1) is 46.2. The average molecular weight is 713 g/mol. The van der Waals surface area contributed by atoms with Gasteiger partial charge in [0.25, 0.3) is 0 Å². The molecule has 1 heterocycles. The highest BCUT2D eigenvalue weighted by molar-refractivity contribution is 5.70. The topological polar surface area (TPSA) is 152 Å². The van der Waals surface area contributed by atoms with E-state index in [9.17, 15) is 30.0 Å². The van der Waals surface area contributed by atoms with Gasteiger partial charge in [-0.1, -0.05) is 134 Å². The second kappa shape index (κ2) is 31.9. The van der Waals surface area contributed by atoms with Crippen LogP contribution in [0.4, 0.5) is 0 Å². The number of hydrogen-bond donors (Lipinski definition) is 4. The normalized spacial score (nSPS) is 21.6. The van der Waals surface area contributed by atoms with E-state index in [1.165, 1.54) is 64.2 Å². The summed E-state index contributed by atoms with van der Waals surface area (Å²) >= 11 is 0. The molecule has 0 aromatic heterocycles. The molecule has 0 bridgehead atoms. The number of hydrogen-bond acceptors (Lipinski definition) is 10. The number of unbranched alkanes of at least 4 members (excludes halogenated alkanes) is 17. The molecule has 10 heteroatoms. The molecule has 10 nitrogen and oxygen atoms in total. The molecule has 6 atom stereocenters. The van der Waals surface area contributed by atoms with Gasteiger partial charge in [0.15, 0.2) is 12.4 Å². The molecular formula is C40H72O10. The maximum Gasteiger partial charge on any atom is 0.306 e. The number of carbonyl (C=O) groups excluding carboxylic acids is 2. The fourth-order valence-corrected chi connectivity index (χ4v) is 5.85. The van der Waals surface area contributed by atoms with E-state index in [4.69, 9.17) is 18.9 Å². The lowest BCUT2D eigenvalue weighted by molar-refractivity contribution is -0.305. The monoisotopic (exact) mass is 713 g/mol. The number of allylic oxidation sites excluding steroid dienone is 4. The first-order chi connectivity index (χ1) is 24.3. The van der Waals surface area contributed by atoms with E-state index in [1.807, 2.05) is 0 Å². The van der Waals surface area contributed by atoms with Crippen LogP contribution in [0.3, 0.4) is 0 Å². The molecule has 1 aliphatic heterocycles. The molecule has 292 valence electrons. The second-order valence-corrected chi connectivity index (χ2v) is 13.7. The lowest BCUT2D eigenvalue weighted by atomic mass is 9.99. The Bertz CT molecular complexity index is 876. The van der Waals surface area contributed by atoms with E-state index >= 15 is 0 Å². The molecule has 1 aliphatic rings. The van der Waals surface area contributed by atoms with Crippen LogP contribution in [0.5, 0.6) is 0 Å². The summed E-state index contributed by atoms with van der Waals surface area (Å²) in [6.07, 6.45) is 24.7. The zero-order chi connectivity index (χ0) is 36.7. The third kappa shape index (κ3) is 23.6. The van der Waals surface area contributed by atoms with Crippen molar-refractivity contribution >= 4 is 11.9 Å². The van der Waals surface area contributed by atoms with Gasteiger partial charge in [0.05, 0.1) is 13.2 Å². The van der Waals surface area contributed by atoms with Crippen LogP contribution in [0.1, 0.15) is 162 Å². The lowest BCUT2D eigenvalue weighted by Gasteiger charge is -2.39. The average Bonchev–Trinajstić information content (AvgIpc) is 3.11. The minimum absolute atomic E-state index is 0.216. The van der Waals surface area contributed by atoms with Gasteiger partial charge < -0.3 is 39.4 Å². The van der Waals surface area contributed by atoms with E-state index < -0.39 is 49.4 Å². The number of rotatable bonds is 32. The Morgan fingerprint density at radius 2 is 1.14 bits per heavy atom. The van der Waals surface area contributed by atoms with Crippen molar-refractivity contribution in [2.24, 2.45) is 0 Å². The van der Waals surface area contributed by atoms with Crippen molar-refractivity contribution in [1.82, 2.24) is 0 Å². The molecule has 2 unspecified atom stereocenters. The zero-order valence-electron chi connectivity index (χ0n) is 31.4. The van der Waals surface area contributed by atoms with Crippen LogP contribution in [-0.4, -0.2) is 89.0 Å². The van der Waals surface area contributed by atoms with Crippen molar-refractivity contribution in [2.75, 3.05) is 19.8 Å². The highest BCUT2D eigenvalue weighted by atomic mass is 16.7. The minimum Gasteiger partial charge on any atom is -0.462 e. The van der Waals surface area contributed by atoms with Gasteiger partial charge in [-0.25, -0.2) is 0 Å². The number of aliphatic hydroxyl groups excluding tert-OH is 4. The van der Waals surface area contributed by atoms with Crippen LogP contribution in [0.25, 0.3) is 0 Å². The zero-order valence-corrected chi connectivity index (χ0v) is 31.4. The highest BCUT2D eigenvalue weighted by Crippen LogP contribution is 2.22. The van der Waals surface area contributed by atoms with Crippen molar-refractivity contribution < 1.29 is 49.0 Å². The third-order valence-corrected chi connectivity index (χ3v) is 9.09. The Morgan fingerprint density at radius 3 is 1.72 bits per heavy atom. The van der Waals surface area contributed by atoms with Crippen molar-refractivity contribution in [3.63, 3.8) is 0 Å². The van der Waals surface area contributed by atoms with Crippen LogP contribution in [0, 0.1) is 0 Å². The molecule has 1 fully saturated rings. The van der Waals surface area contributed by atoms with E-state index in [0.717, 1.165) is 64.2 Å². The fourth-order valence-electron chi connectivity index (χ4n) is 5.85. The summed E-state index contributed by atoms with van der Waals surface area (Å²) in [6, 6.07) is 0. The summed E-state index contributed by atoms with van der Waals surface area (Å²) in [6.45, 7) is 3.34. The largest absolute Gasteiger partial charge is 0.462 e. The van der Waals surface area contributed by atoms with Crippen molar-refractivity contribution in [1.29, 1.82) is 0 Å². The van der Waals surface area contributed by atoms with Gasteiger partial charge >= 0.3 is 11.9 Å². The van der Waals surface area contributed by atoms with Gasteiger partial charge in [0, 0.05) is 12.8 Å². The van der Waals surface area contributed by atoms with Gasteiger partial charge in [-0.3, -0.25) is 9.59 Å². The Balaban J connectivity index is 2.40. The molecule has 1 saturated heterocycles. The molecule has 0 saturated carbocycles. The minimum atomic E-state index is -1.59. The molecule has 0 aliphatic carbocycles. The lowest BCUT2D eigenvalue weighted by Crippen LogP contribution is -2.59. The van der Waals surface area contributed by atoms with E-state index in [-0.39, 0.29) is 32.0 Å². The van der Waals surface area contributed by atoms with Crippen molar-refractivity contribution in [3.8, 4) is 0 Å². The number of ether oxygens (including phenoxy) is 4. The molecule has 50 heavy (non-hydrogen) atoms. The van der Waals surface area contributed by atoms with Gasteiger partial charge in [-0.2, -0.15) is 0 Å². The van der Waals surface area contributed by atoms with Gasteiger partial charge in [0.2, 0.25) is 0 Å². The Labute approximate surface area is 303 Å².